The van der Waals surface area contributed by atoms with Gasteiger partial charge in [0, 0.05) is 11.5 Å². The quantitative estimate of drug-likeness (QED) is 0.765. The highest BCUT2D eigenvalue weighted by Gasteiger charge is 2.19. The predicted molar refractivity (Wildman–Crippen MR) is 79.5 cm³/mol. The number of rotatable bonds is 7. The van der Waals surface area contributed by atoms with Crippen LogP contribution in [0, 0.1) is 0 Å². The Morgan fingerprint density at radius 1 is 1.25 bits per heavy atom. The minimum absolute atomic E-state index is 0.203. The van der Waals surface area contributed by atoms with E-state index < -0.39 is 5.97 Å². The van der Waals surface area contributed by atoms with E-state index in [4.69, 9.17) is 9.84 Å². The van der Waals surface area contributed by atoms with Gasteiger partial charge in [0.15, 0.2) is 0 Å². The Morgan fingerprint density at radius 2 is 1.95 bits per heavy atom. The normalized spacial score (nSPS) is 11.4. The van der Waals surface area contributed by atoms with E-state index in [1.54, 1.807) is 6.07 Å². The van der Waals surface area contributed by atoms with Crippen molar-refractivity contribution in [3.63, 3.8) is 0 Å². The maximum atomic E-state index is 11.2. The van der Waals surface area contributed by atoms with Crippen LogP contribution in [0.25, 0.3) is 0 Å². The lowest BCUT2D eigenvalue weighted by Crippen LogP contribution is -2.16. The standard InChI is InChI=1S/C16H25NO3/c1-5-6-7-8-9-20-14-11-12(15(18)19)10-13(17-14)16(2,3)4/h10-11H,5-9H2,1-4H3,(H,18,19). The number of carboxylic acid groups (broad SMARTS) is 1. The van der Waals surface area contributed by atoms with Gasteiger partial charge in [-0.05, 0) is 12.5 Å². The summed E-state index contributed by atoms with van der Waals surface area (Å²) in [5.41, 5.74) is 0.764. The van der Waals surface area contributed by atoms with Crippen LogP contribution in [0.2, 0.25) is 0 Å². The summed E-state index contributed by atoms with van der Waals surface area (Å²) in [6.07, 6.45) is 4.47. The number of carbonyl (C=O) groups is 1. The summed E-state index contributed by atoms with van der Waals surface area (Å²) < 4.78 is 5.60. The molecule has 0 fully saturated rings. The van der Waals surface area contributed by atoms with Gasteiger partial charge >= 0.3 is 5.97 Å². The molecule has 0 spiro atoms. The summed E-state index contributed by atoms with van der Waals surface area (Å²) in [7, 11) is 0. The fraction of sp³-hybridized carbons (Fsp3) is 0.625. The second-order valence-corrected chi connectivity index (χ2v) is 6.04. The summed E-state index contributed by atoms with van der Waals surface area (Å²) in [4.78, 5) is 15.6. The number of pyridine rings is 1. The zero-order chi connectivity index (χ0) is 15.2. The number of carboxylic acids is 1. The summed E-state index contributed by atoms with van der Waals surface area (Å²) >= 11 is 0. The van der Waals surface area contributed by atoms with Gasteiger partial charge in [-0.25, -0.2) is 9.78 Å². The molecule has 1 rings (SSSR count). The van der Waals surface area contributed by atoms with Crippen molar-refractivity contribution in [2.75, 3.05) is 6.61 Å². The second-order valence-electron chi connectivity index (χ2n) is 6.04. The highest BCUT2D eigenvalue weighted by atomic mass is 16.5. The third-order valence-corrected chi connectivity index (χ3v) is 3.07. The van der Waals surface area contributed by atoms with Gasteiger partial charge in [0.25, 0.3) is 0 Å². The van der Waals surface area contributed by atoms with Gasteiger partial charge < -0.3 is 9.84 Å². The Hall–Kier alpha value is -1.58. The van der Waals surface area contributed by atoms with Gasteiger partial charge in [-0.15, -0.1) is 0 Å². The SMILES string of the molecule is CCCCCCOc1cc(C(=O)O)cc(C(C)(C)C)n1. The van der Waals surface area contributed by atoms with E-state index in [2.05, 4.69) is 11.9 Å². The number of hydrogen-bond acceptors (Lipinski definition) is 3. The lowest BCUT2D eigenvalue weighted by Gasteiger charge is -2.19. The number of ether oxygens (including phenoxy) is 1. The van der Waals surface area contributed by atoms with E-state index in [1.165, 1.54) is 18.9 Å². The van der Waals surface area contributed by atoms with Crippen LogP contribution < -0.4 is 4.74 Å². The molecular weight excluding hydrogens is 254 g/mol. The maximum Gasteiger partial charge on any atom is 0.335 e. The fourth-order valence-electron chi connectivity index (χ4n) is 1.79. The monoisotopic (exact) mass is 279 g/mol. The molecule has 0 unspecified atom stereocenters. The highest BCUT2D eigenvalue weighted by Crippen LogP contribution is 2.24. The molecule has 0 radical (unpaired) electrons. The lowest BCUT2D eigenvalue weighted by atomic mass is 9.91. The first kappa shape index (κ1) is 16.5. The molecule has 4 nitrogen and oxygen atoms in total. The summed E-state index contributed by atoms with van der Waals surface area (Å²) in [5.74, 6) is -0.542. The molecule has 0 aliphatic carbocycles. The Kier molecular flexibility index (Phi) is 5.99. The van der Waals surface area contributed by atoms with E-state index in [-0.39, 0.29) is 11.0 Å². The van der Waals surface area contributed by atoms with Crippen molar-refractivity contribution in [2.45, 2.75) is 58.8 Å². The largest absolute Gasteiger partial charge is 0.478 e. The lowest BCUT2D eigenvalue weighted by molar-refractivity contribution is 0.0696. The highest BCUT2D eigenvalue weighted by molar-refractivity contribution is 5.88. The first-order valence-corrected chi connectivity index (χ1v) is 7.23. The van der Waals surface area contributed by atoms with Crippen molar-refractivity contribution < 1.29 is 14.6 Å². The number of unbranched alkanes of at least 4 members (excludes halogenated alkanes) is 3. The van der Waals surface area contributed by atoms with Gasteiger partial charge in [-0.3, -0.25) is 0 Å². The average Bonchev–Trinajstić information content (AvgIpc) is 2.37. The molecule has 0 aliphatic rings. The Balaban J connectivity index is 2.79. The molecule has 0 aliphatic heterocycles. The molecule has 1 heterocycles. The first-order valence-electron chi connectivity index (χ1n) is 7.23. The molecule has 0 atom stereocenters. The van der Waals surface area contributed by atoms with Crippen LogP contribution in [0.4, 0.5) is 0 Å². The summed E-state index contributed by atoms with van der Waals surface area (Å²) in [5, 5.41) is 9.16. The Morgan fingerprint density at radius 3 is 2.50 bits per heavy atom. The molecule has 0 amide bonds. The van der Waals surface area contributed by atoms with Crippen LogP contribution >= 0.6 is 0 Å². The van der Waals surface area contributed by atoms with Gasteiger partial charge in [0.05, 0.1) is 17.9 Å². The molecule has 0 saturated heterocycles. The molecule has 20 heavy (non-hydrogen) atoms. The topological polar surface area (TPSA) is 59.4 Å². The van der Waals surface area contributed by atoms with Crippen LogP contribution in [0.1, 0.15) is 69.4 Å². The van der Waals surface area contributed by atoms with Crippen LogP contribution in [0.5, 0.6) is 5.88 Å². The molecule has 0 saturated carbocycles. The van der Waals surface area contributed by atoms with E-state index >= 15 is 0 Å². The summed E-state index contributed by atoms with van der Waals surface area (Å²) in [6.45, 7) is 8.76. The van der Waals surface area contributed by atoms with Gasteiger partial charge in [0.2, 0.25) is 5.88 Å². The molecule has 4 heteroatoms. The van der Waals surface area contributed by atoms with Gasteiger partial charge in [-0.1, -0.05) is 47.0 Å². The van der Waals surface area contributed by atoms with E-state index in [1.807, 2.05) is 20.8 Å². The van der Waals surface area contributed by atoms with Crippen molar-refractivity contribution in [1.82, 2.24) is 4.98 Å². The van der Waals surface area contributed by atoms with Crippen molar-refractivity contribution in [3.8, 4) is 5.88 Å². The third kappa shape index (κ3) is 5.19. The second kappa shape index (κ2) is 7.27. The van der Waals surface area contributed by atoms with Crippen LogP contribution in [0.15, 0.2) is 12.1 Å². The molecule has 1 N–H and O–H groups in total. The number of hydrogen-bond donors (Lipinski definition) is 1. The number of nitrogens with zero attached hydrogens (tertiary/aromatic N) is 1. The molecule has 1 aromatic heterocycles. The van der Waals surface area contributed by atoms with E-state index in [0.717, 1.165) is 18.5 Å². The zero-order valence-corrected chi connectivity index (χ0v) is 12.9. The van der Waals surface area contributed by atoms with Crippen molar-refractivity contribution >= 4 is 5.97 Å². The van der Waals surface area contributed by atoms with Crippen molar-refractivity contribution in [2.24, 2.45) is 0 Å². The minimum Gasteiger partial charge on any atom is -0.478 e. The summed E-state index contributed by atoms with van der Waals surface area (Å²) in [6, 6.07) is 3.11. The van der Waals surface area contributed by atoms with Crippen molar-refractivity contribution in [1.29, 1.82) is 0 Å². The number of aromatic carboxylic acids is 1. The minimum atomic E-state index is -0.950. The van der Waals surface area contributed by atoms with Crippen LogP contribution in [0.3, 0.4) is 0 Å². The molecule has 0 bridgehead atoms. The third-order valence-electron chi connectivity index (χ3n) is 3.07. The first-order chi connectivity index (χ1) is 9.34. The Labute approximate surface area is 121 Å². The smallest absolute Gasteiger partial charge is 0.335 e. The maximum absolute atomic E-state index is 11.2. The molecule has 112 valence electrons. The van der Waals surface area contributed by atoms with Crippen LogP contribution in [-0.2, 0) is 5.41 Å². The fourth-order valence-corrected chi connectivity index (χ4v) is 1.79. The molecular formula is C16H25NO3. The van der Waals surface area contributed by atoms with Crippen LogP contribution in [-0.4, -0.2) is 22.7 Å². The molecule has 0 aromatic carbocycles. The van der Waals surface area contributed by atoms with E-state index in [9.17, 15) is 4.79 Å². The number of aromatic nitrogens is 1. The van der Waals surface area contributed by atoms with Gasteiger partial charge in [0.1, 0.15) is 0 Å². The van der Waals surface area contributed by atoms with Crippen molar-refractivity contribution in [3.05, 3.63) is 23.4 Å². The average molecular weight is 279 g/mol. The molecule has 1 aromatic rings. The predicted octanol–water partition coefficient (Wildman–Crippen LogP) is 4.04. The van der Waals surface area contributed by atoms with E-state index in [0.29, 0.717) is 12.5 Å². The van der Waals surface area contributed by atoms with Gasteiger partial charge in [-0.2, -0.15) is 0 Å². The Bertz CT molecular complexity index is 450. The zero-order valence-electron chi connectivity index (χ0n) is 12.9.